The molecule has 2 aromatic carbocycles. The molecule has 3 aromatic rings. The quantitative estimate of drug-likeness (QED) is 0.566. The van der Waals surface area contributed by atoms with E-state index in [1.807, 2.05) is 0 Å². The van der Waals surface area contributed by atoms with Gasteiger partial charge in [0.05, 0.1) is 9.92 Å². The van der Waals surface area contributed by atoms with Crippen molar-refractivity contribution in [2.24, 2.45) is 0 Å². The first-order valence-electron chi connectivity index (χ1n) is 8.12. The Kier molecular flexibility index (Phi) is 5.78. The van der Waals surface area contributed by atoms with Gasteiger partial charge in [-0.25, -0.2) is 17.5 Å². The van der Waals surface area contributed by atoms with Crippen molar-refractivity contribution in [3.8, 4) is 0 Å². The predicted molar refractivity (Wildman–Crippen MR) is 104 cm³/mol. The highest BCUT2D eigenvalue weighted by Crippen LogP contribution is 2.19. The van der Waals surface area contributed by atoms with Crippen molar-refractivity contribution in [3.05, 3.63) is 69.7 Å². The fraction of sp³-hybridized carbons (Fsp3) is 0.111. The van der Waals surface area contributed by atoms with Crippen molar-refractivity contribution in [3.63, 3.8) is 0 Å². The van der Waals surface area contributed by atoms with Gasteiger partial charge in [0.15, 0.2) is 0 Å². The molecule has 0 aliphatic heterocycles. The summed E-state index contributed by atoms with van der Waals surface area (Å²) < 4.78 is 40.2. The molecule has 3 N–H and O–H groups in total. The lowest BCUT2D eigenvalue weighted by Crippen LogP contribution is -2.27. The average Bonchev–Trinajstić information content (AvgIpc) is 2.64. The Hall–Kier alpha value is -2.75. The number of hydrogen-bond donors (Lipinski definition) is 3. The minimum atomic E-state index is -3.84. The number of carbonyl (C=O) groups is 1. The van der Waals surface area contributed by atoms with Gasteiger partial charge in [-0.2, -0.15) is 0 Å². The molecule has 10 heteroatoms. The Morgan fingerprint density at radius 1 is 1.11 bits per heavy atom. The van der Waals surface area contributed by atoms with Crippen molar-refractivity contribution in [2.75, 3.05) is 11.9 Å². The van der Waals surface area contributed by atoms with Gasteiger partial charge in [-0.15, -0.1) is 0 Å². The third-order valence-corrected chi connectivity index (χ3v) is 5.60. The lowest BCUT2D eigenvalue weighted by molar-refractivity contribution is -0.116. The summed E-state index contributed by atoms with van der Waals surface area (Å²) in [6.07, 6.45) is -0.130. The van der Waals surface area contributed by atoms with Crippen LogP contribution in [0.5, 0.6) is 0 Å². The molecule has 0 fully saturated rings. The number of aromatic nitrogens is 1. The fourth-order valence-electron chi connectivity index (χ4n) is 2.48. The highest BCUT2D eigenvalue weighted by atomic mass is 35.5. The number of carbonyl (C=O) groups excluding carboxylic acids is 1. The molecule has 0 aliphatic rings. The van der Waals surface area contributed by atoms with Gasteiger partial charge in [0.25, 0.3) is 0 Å². The van der Waals surface area contributed by atoms with Gasteiger partial charge in [0.1, 0.15) is 5.82 Å². The van der Waals surface area contributed by atoms with Crippen molar-refractivity contribution >= 4 is 44.1 Å². The second-order valence-electron chi connectivity index (χ2n) is 5.90. The zero-order valence-electron chi connectivity index (χ0n) is 14.3. The molecule has 3 rings (SSSR count). The van der Waals surface area contributed by atoms with Gasteiger partial charge in [0, 0.05) is 30.2 Å². The third-order valence-electron chi connectivity index (χ3n) is 3.85. The normalized spacial score (nSPS) is 11.5. The second-order valence-corrected chi connectivity index (χ2v) is 8.07. The van der Waals surface area contributed by atoms with Gasteiger partial charge < -0.3 is 10.3 Å². The number of sulfonamides is 1. The van der Waals surface area contributed by atoms with E-state index >= 15 is 0 Å². The maximum absolute atomic E-state index is 13.1. The monoisotopic (exact) mass is 423 g/mol. The van der Waals surface area contributed by atoms with Gasteiger partial charge in [-0.05, 0) is 47.9 Å². The molecule has 1 aromatic heterocycles. The highest BCUT2D eigenvalue weighted by Gasteiger charge is 2.15. The lowest BCUT2D eigenvalue weighted by Gasteiger charge is -2.09. The van der Waals surface area contributed by atoms with Crippen LogP contribution in [-0.4, -0.2) is 25.9 Å². The molecular weight excluding hydrogens is 409 g/mol. The predicted octanol–water partition coefficient (Wildman–Crippen LogP) is 2.63. The molecule has 0 radical (unpaired) electrons. The molecule has 28 heavy (non-hydrogen) atoms. The zero-order chi connectivity index (χ0) is 20.3. The molecule has 0 unspecified atom stereocenters. The summed E-state index contributed by atoms with van der Waals surface area (Å²) in [6, 6.07) is 10.8. The van der Waals surface area contributed by atoms with E-state index in [9.17, 15) is 22.4 Å². The van der Waals surface area contributed by atoms with E-state index < -0.39 is 21.7 Å². The van der Waals surface area contributed by atoms with Crippen LogP contribution in [0.2, 0.25) is 5.02 Å². The number of pyridine rings is 1. The summed E-state index contributed by atoms with van der Waals surface area (Å²) >= 11 is 5.64. The summed E-state index contributed by atoms with van der Waals surface area (Å²) in [5.41, 5.74) is 0.543. The Labute approximate surface area is 164 Å². The van der Waals surface area contributed by atoms with Gasteiger partial charge in [-0.3, -0.25) is 9.59 Å². The molecule has 0 saturated carbocycles. The SMILES string of the molecule is O=C(CCNS(=O)(=O)c1ccc2[nH]c(=O)ccc2c1)Nc1ccc(F)c(Cl)c1. The highest BCUT2D eigenvalue weighted by molar-refractivity contribution is 7.89. The molecule has 0 saturated heterocycles. The van der Waals surface area contributed by atoms with Gasteiger partial charge >= 0.3 is 0 Å². The van der Waals surface area contributed by atoms with Crippen LogP contribution in [0.1, 0.15) is 6.42 Å². The first-order chi connectivity index (χ1) is 13.2. The molecule has 146 valence electrons. The van der Waals surface area contributed by atoms with Crippen LogP contribution < -0.4 is 15.6 Å². The van der Waals surface area contributed by atoms with Crippen LogP contribution >= 0.6 is 11.6 Å². The maximum Gasteiger partial charge on any atom is 0.248 e. The van der Waals surface area contributed by atoms with Crippen molar-refractivity contribution < 1.29 is 17.6 Å². The molecule has 1 amide bonds. The molecule has 0 bridgehead atoms. The summed E-state index contributed by atoms with van der Waals surface area (Å²) in [5, 5.41) is 2.94. The van der Waals surface area contributed by atoms with E-state index in [1.165, 1.54) is 42.5 Å². The summed E-state index contributed by atoms with van der Waals surface area (Å²) in [5.74, 6) is -1.06. The molecule has 0 spiro atoms. The van der Waals surface area contributed by atoms with Crippen LogP contribution in [0.3, 0.4) is 0 Å². The number of fused-ring (bicyclic) bond motifs is 1. The summed E-state index contributed by atoms with van der Waals surface area (Å²) in [6.45, 7) is -0.132. The van der Waals surface area contributed by atoms with E-state index in [-0.39, 0.29) is 28.4 Å². The van der Waals surface area contributed by atoms with Gasteiger partial charge in [-0.1, -0.05) is 11.6 Å². The number of halogens is 2. The Bertz CT molecular complexity index is 1210. The van der Waals surface area contributed by atoms with Crippen molar-refractivity contribution in [1.82, 2.24) is 9.71 Å². The zero-order valence-corrected chi connectivity index (χ0v) is 15.9. The number of hydrogen-bond acceptors (Lipinski definition) is 4. The standard InChI is InChI=1S/C18H15ClFN3O4S/c19-14-10-12(2-4-15(14)20)22-18(25)7-8-21-28(26,27)13-3-5-16-11(9-13)1-6-17(24)23-16/h1-6,9-10,21H,7-8H2,(H,22,25)(H,23,24). The lowest BCUT2D eigenvalue weighted by atomic mass is 10.2. The molecule has 0 aliphatic carbocycles. The number of rotatable bonds is 6. The summed E-state index contributed by atoms with van der Waals surface area (Å²) in [4.78, 5) is 25.8. The van der Waals surface area contributed by atoms with Crippen LogP contribution in [-0.2, 0) is 14.8 Å². The maximum atomic E-state index is 13.1. The van der Waals surface area contributed by atoms with Crippen molar-refractivity contribution in [1.29, 1.82) is 0 Å². The van der Waals surface area contributed by atoms with E-state index in [4.69, 9.17) is 11.6 Å². The van der Waals surface area contributed by atoms with Crippen molar-refractivity contribution in [2.45, 2.75) is 11.3 Å². The van der Waals surface area contributed by atoms with E-state index in [1.54, 1.807) is 0 Å². The molecular formula is C18H15ClFN3O4S. The Morgan fingerprint density at radius 3 is 2.64 bits per heavy atom. The number of nitrogens with one attached hydrogen (secondary N) is 3. The van der Waals surface area contributed by atoms with E-state index in [2.05, 4.69) is 15.0 Å². The minimum Gasteiger partial charge on any atom is -0.326 e. The fourth-order valence-corrected chi connectivity index (χ4v) is 3.73. The number of aromatic amines is 1. The van der Waals surface area contributed by atoms with Gasteiger partial charge in [0.2, 0.25) is 21.5 Å². The third kappa shape index (κ3) is 4.75. The van der Waals surface area contributed by atoms with Crippen LogP contribution in [0.15, 0.2) is 58.2 Å². The second kappa shape index (κ2) is 8.09. The number of H-pyrrole nitrogens is 1. The molecule has 1 heterocycles. The topological polar surface area (TPSA) is 108 Å². The van der Waals surface area contributed by atoms with Crippen LogP contribution in [0.4, 0.5) is 10.1 Å². The minimum absolute atomic E-state index is 0.0118. The number of benzene rings is 2. The Morgan fingerprint density at radius 2 is 1.89 bits per heavy atom. The smallest absolute Gasteiger partial charge is 0.248 e. The molecule has 0 atom stereocenters. The first kappa shape index (κ1) is 20.0. The first-order valence-corrected chi connectivity index (χ1v) is 9.98. The number of anilines is 1. The van der Waals surface area contributed by atoms with Crippen LogP contribution in [0, 0.1) is 5.82 Å². The molecule has 7 nitrogen and oxygen atoms in total. The largest absolute Gasteiger partial charge is 0.326 e. The van der Waals surface area contributed by atoms with E-state index in [0.29, 0.717) is 16.6 Å². The summed E-state index contributed by atoms with van der Waals surface area (Å²) in [7, 11) is -3.84. The van der Waals surface area contributed by atoms with E-state index in [0.717, 1.165) is 6.07 Å². The Balaban J connectivity index is 1.61. The van der Waals surface area contributed by atoms with Crippen LogP contribution in [0.25, 0.3) is 10.9 Å². The average molecular weight is 424 g/mol. The number of amides is 1.